The molecule has 0 aliphatic heterocycles. The summed E-state index contributed by atoms with van der Waals surface area (Å²) < 4.78 is 0. The maximum absolute atomic E-state index is 11.4. The molecule has 0 aromatic heterocycles. The van der Waals surface area contributed by atoms with Gasteiger partial charge in [0.25, 0.3) is 0 Å². The number of nitrogens with one attached hydrogen (secondary N) is 1. The van der Waals surface area contributed by atoms with Crippen LogP contribution in [0, 0.1) is 6.92 Å². The Hall–Kier alpha value is -1.16. The Morgan fingerprint density at radius 1 is 1.53 bits per heavy atom. The summed E-state index contributed by atoms with van der Waals surface area (Å²) in [6.45, 7) is 3.99. The van der Waals surface area contributed by atoms with E-state index in [0.717, 1.165) is 11.3 Å². The molecule has 1 amide bonds. The molecule has 3 nitrogen and oxygen atoms in total. The molecular formula is C11H16N2OS. The fourth-order valence-corrected chi connectivity index (χ4v) is 1.64. The van der Waals surface area contributed by atoms with E-state index in [1.54, 1.807) is 11.8 Å². The Bertz CT molecular complexity index is 352. The van der Waals surface area contributed by atoms with E-state index in [0.29, 0.717) is 17.1 Å². The van der Waals surface area contributed by atoms with Crippen molar-refractivity contribution in [2.75, 3.05) is 22.6 Å². The molecular weight excluding hydrogens is 208 g/mol. The summed E-state index contributed by atoms with van der Waals surface area (Å²) in [5.74, 6) is 1.41. The lowest BCUT2D eigenvalue weighted by atomic mass is 10.2. The molecule has 1 rings (SSSR count). The van der Waals surface area contributed by atoms with Gasteiger partial charge in [-0.3, -0.25) is 4.79 Å². The van der Waals surface area contributed by atoms with E-state index in [9.17, 15) is 4.79 Å². The average molecular weight is 224 g/mol. The number of rotatable bonds is 4. The Labute approximate surface area is 94.4 Å². The molecule has 0 radical (unpaired) electrons. The van der Waals surface area contributed by atoms with Gasteiger partial charge in [0, 0.05) is 0 Å². The van der Waals surface area contributed by atoms with E-state index in [2.05, 4.69) is 5.32 Å². The van der Waals surface area contributed by atoms with Crippen molar-refractivity contribution < 1.29 is 4.79 Å². The molecule has 0 atom stereocenters. The van der Waals surface area contributed by atoms with Crippen molar-refractivity contribution in [1.29, 1.82) is 0 Å². The lowest BCUT2D eigenvalue weighted by Crippen LogP contribution is -2.15. The fourth-order valence-electron chi connectivity index (χ4n) is 1.18. The highest BCUT2D eigenvalue weighted by Gasteiger charge is 2.04. The zero-order valence-corrected chi connectivity index (χ0v) is 9.86. The number of thioether (sulfide) groups is 1. The van der Waals surface area contributed by atoms with Crippen molar-refractivity contribution in [1.82, 2.24) is 0 Å². The van der Waals surface area contributed by atoms with E-state index in [1.807, 2.05) is 32.0 Å². The third-order valence-corrected chi connectivity index (χ3v) is 2.79. The van der Waals surface area contributed by atoms with Crippen LogP contribution in [0.3, 0.4) is 0 Å². The summed E-state index contributed by atoms with van der Waals surface area (Å²) in [5.41, 5.74) is 8.18. The minimum Gasteiger partial charge on any atom is -0.397 e. The van der Waals surface area contributed by atoms with Gasteiger partial charge in [0.15, 0.2) is 0 Å². The molecule has 1 aromatic rings. The number of nitrogens with two attached hydrogens (primary N) is 1. The summed E-state index contributed by atoms with van der Waals surface area (Å²) in [7, 11) is 0. The minimum absolute atomic E-state index is 0.00240. The van der Waals surface area contributed by atoms with Gasteiger partial charge >= 0.3 is 0 Å². The molecule has 0 saturated carbocycles. The summed E-state index contributed by atoms with van der Waals surface area (Å²) in [4.78, 5) is 11.4. The quantitative estimate of drug-likeness (QED) is 0.771. The molecule has 82 valence electrons. The number of aryl methyl sites for hydroxylation is 1. The lowest BCUT2D eigenvalue weighted by molar-refractivity contribution is -0.113. The van der Waals surface area contributed by atoms with Crippen LogP contribution >= 0.6 is 11.8 Å². The Balaban J connectivity index is 2.60. The van der Waals surface area contributed by atoms with Crippen molar-refractivity contribution in [3.8, 4) is 0 Å². The molecule has 15 heavy (non-hydrogen) atoms. The Morgan fingerprint density at radius 3 is 2.87 bits per heavy atom. The van der Waals surface area contributed by atoms with Crippen LogP contribution in [0.2, 0.25) is 0 Å². The maximum atomic E-state index is 11.4. The standard InChI is InChI=1S/C11H16N2OS/c1-3-15-7-11(14)13-10-5-4-8(2)6-9(10)12/h4-6H,3,7,12H2,1-2H3,(H,13,14). The topological polar surface area (TPSA) is 55.1 Å². The zero-order chi connectivity index (χ0) is 11.3. The summed E-state index contributed by atoms with van der Waals surface area (Å²) in [6, 6.07) is 5.61. The van der Waals surface area contributed by atoms with Gasteiger partial charge in [0.2, 0.25) is 5.91 Å². The van der Waals surface area contributed by atoms with Crippen molar-refractivity contribution in [2.24, 2.45) is 0 Å². The molecule has 3 N–H and O–H groups in total. The highest BCUT2D eigenvalue weighted by atomic mass is 32.2. The molecule has 0 fully saturated rings. The van der Waals surface area contributed by atoms with Crippen LogP contribution in [0.4, 0.5) is 11.4 Å². The number of amides is 1. The van der Waals surface area contributed by atoms with Crippen LogP contribution in [0.5, 0.6) is 0 Å². The van der Waals surface area contributed by atoms with Gasteiger partial charge < -0.3 is 11.1 Å². The third kappa shape index (κ3) is 3.83. The number of carbonyl (C=O) groups excluding carboxylic acids is 1. The molecule has 0 spiro atoms. The second-order valence-corrected chi connectivity index (χ2v) is 4.55. The normalized spacial score (nSPS) is 10.0. The van der Waals surface area contributed by atoms with Crippen LogP contribution in [0.25, 0.3) is 0 Å². The third-order valence-electron chi connectivity index (χ3n) is 1.92. The molecule has 0 aliphatic carbocycles. The first kappa shape index (κ1) is 11.9. The van der Waals surface area contributed by atoms with E-state index < -0.39 is 0 Å². The van der Waals surface area contributed by atoms with Crippen LogP contribution in [-0.4, -0.2) is 17.4 Å². The number of nitrogen functional groups attached to an aromatic ring is 1. The molecule has 1 aromatic carbocycles. The molecule has 0 aliphatic rings. The predicted molar refractivity (Wildman–Crippen MR) is 67.2 cm³/mol. The van der Waals surface area contributed by atoms with Crippen molar-refractivity contribution in [3.63, 3.8) is 0 Å². The molecule has 0 saturated heterocycles. The number of hydrogen-bond donors (Lipinski definition) is 2. The second-order valence-electron chi connectivity index (χ2n) is 3.28. The van der Waals surface area contributed by atoms with Gasteiger partial charge in [0.1, 0.15) is 0 Å². The molecule has 4 heteroatoms. The van der Waals surface area contributed by atoms with Crippen molar-refractivity contribution in [3.05, 3.63) is 23.8 Å². The average Bonchev–Trinajstić information content (AvgIpc) is 2.19. The smallest absolute Gasteiger partial charge is 0.234 e. The first-order valence-corrected chi connectivity index (χ1v) is 6.02. The van der Waals surface area contributed by atoms with Crippen LogP contribution < -0.4 is 11.1 Å². The Morgan fingerprint density at radius 2 is 2.27 bits per heavy atom. The highest BCUT2D eigenvalue weighted by molar-refractivity contribution is 7.99. The monoisotopic (exact) mass is 224 g/mol. The predicted octanol–water partition coefficient (Wildman–Crippen LogP) is 2.27. The molecule has 0 bridgehead atoms. The van der Waals surface area contributed by atoms with Gasteiger partial charge in [-0.1, -0.05) is 13.0 Å². The first-order chi connectivity index (χ1) is 7.13. The van der Waals surface area contributed by atoms with E-state index in [-0.39, 0.29) is 5.91 Å². The van der Waals surface area contributed by atoms with Crippen LogP contribution in [0.1, 0.15) is 12.5 Å². The lowest BCUT2D eigenvalue weighted by Gasteiger charge is -2.08. The summed E-state index contributed by atoms with van der Waals surface area (Å²) >= 11 is 1.59. The number of carbonyl (C=O) groups is 1. The van der Waals surface area contributed by atoms with Gasteiger partial charge in [-0.05, 0) is 30.4 Å². The number of benzene rings is 1. The minimum atomic E-state index is -0.00240. The largest absolute Gasteiger partial charge is 0.397 e. The van der Waals surface area contributed by atoms with E-state index in [1.165, 1.54) is 0 Å². The Kier molecular flexibility index (Phi) is 4.49. The van der Waals surface area contributed by atoms with E-state index >= 15 is 0 Å². The van der Waals surface area contributed by atoms with Crippen LogP contribution in [-0.2, 0) is 4.79 Å². The SMILES string of the molecule is CCSCC(=O)Nc1ccc(C)cc1N. The fraction of sp³-hybridized carbons (Fsp3) is 0.364. The maximum Gasteiger partial charge on any atom is 0.234 e. The number of hydrogen-bond acceptors (Lipinski definition) is 3. The van der Waals surface area contributed by atoms with Crippen LogP contribution in [0.15, 0.2) is 18.2 Å². The van der Waals surface area contributed by atoms with E-state index in [4.69, 9.17) is 5.73 Å². The molecule has 0 heterocycles. The van der Waals surface area contributed by atoms with Crippen molar-refractivity contribution in [2.45, 2.75) is 13.8 Å². The number of anilines is 2. The van der Waals surface area contributed by atoms with Gasteiger partial charge in [-0.2, -0.15) is 11.8 Å². The van der Waals surface area contributed by atoms with Crippen molar-refractivity contribution >= 4 is 29.0 Å². The summed E-state index contributed by atoms with van der Waals surface area (Å²) in [5, 5.41) is 2.79. The zero-order valence-electron chi connectivity index (χ0n) is 9.04. The highest BCUT2D eigenvalue weighted by Crippen LogP contribution is 2.19. The second kappa shape index (κ2) is 5.66. The molecule has 0 unspecified atom stereocenters. The summed E-state index contributed by atoms with van der Waals surface area (Å²) in [6.07, 6.45) is 0. The van der Waals surface area contributed by atoms with Gasteiger partial charge in [-0.15, -0.1) is 0 Å². The van der Waals surface area contributed by atoms with Gasteiger partial charge in [0.05, 0.1) is 17.1 Å². The van der Waals surface area contributed by atoms with Gasteiger partial charge in [-0.25, -0.2) is 0 Å². The first-order valence-electron chi connectivity index (χ1n) is 4.87.